The average Bonchev–Trinajstić information content (AvgIpc) is 2.62. The van der Waals surface area contributed by atoms with Gasteiger partial charge in [0.2, 0.25) is 5.91 Å². The molecule has 8 heteroatoms. The molecule has 0 unspecified atom stereocenters. The first-order valence-electron chi connectivity index (χ1n) is 9.48. The van der Waals surface area contributed by atoms with Gasteiger partial charge in [0.05, 0.1) is 5.92 Å². The van der Waals surface area contributed by atoms with Gasteiger partial charge in [0.25, 0.3) is 10.2 Å². The van der Waals surface area contributed by atoms with E-state index in [2.05, 4.69) is 5.32 Å². The van der Waals surface area contributed by atoms with Crippen molar-refractivity contribution >= 4 is 27.9 Å². The highest BCUT2D eigenvalue weighted by Crippen LogP contribution is 2.28. The summed E-state index contributed by atoms with van der Waals surface area (Å²) < 4.78 is 27.1. The summed E-state index contributed by atoms with van der Waals surface area (Å²) >= 11 is 2.05. The topological polar surface area (TPSA) is 69.7 Å². The van der Waals surface area contributed by atoms with Gasteiger partial charge in [0, 0.05) is 39.0 Å². The highest BCUT2D eigenvalue weighted by atomic mass is 32.2. The van der Waals surface area contributed by atoms with Crippen molar-refractivity contribution in [3.63, 3.8) is 0 Å². The van der Waals surface area contributed by atoms with Crippen LogP contribution < -0.4 is 5.32 Å². The lowest BCUT2D eigenvalue weighted by Crippen LogP contribution is -2.48. The second-order valence-electron chi connectivity index (χ2n) is 7.26. The summed E-state index contributed by atoms with van der Waals surface area (Å²) in [5.41, 5.74) is 0. The molecule has 2 fully saturated rings. The third kappa shape index (κ3) is 6.41. The Morgan fingerprint density at radius 2 is 1.88 bits per heavy atom. The number of thioether (sulfide) groups is 1. The Labute approximate surface area is 157 Å². The minimum atomic E-state index is -3.42. The molecule has 1 aliphatic heterocycles. The van der Waals surface area contributed by atoms with Crippen molar-refractivity contribution in [1.82, 2.24) is 13.9 Å². The summed E-state index contributed by atoms with van der Waals surface area (Å²) in [6, 6.07) is 0. The first-order valence-corrected chi connectivity index (χ1v) is 11.9. The van der Waals surface area contributed by atoms with Gasteiger partial charge in [-0.05, 0) is 37.9 Å². The van der Waals surface area contributed by atoms with E-state index in [9.17, 15) is 13.2 Å². The van der Waals surface area contributed by atoms with E-state index in [1.165, 1.54) is 54.8 Å². The van der Waals surface area contributed by atoms with E-state index in [-0.39, 0.29) is 11.8 Å². The average molecular weight is 392 g/mol. The fraction of sp³-hybridized carbons (Fsp3) is 0.941. The molecule has 0 spiro atoms. The van der Waals surface area contributed by atoms with Crippen molar-refractivity contribution in [2.24, 2.45) is 5.92 Å². The zero-order valence-electron chi connectivity index (χ0n) is 15.6. The first-order chi connectivity index (χ1) is 11.9. The quantitative estimate of drug-likeness (QED) is 0.643. The predicted octanol–water partition coefficient (Wildman–Crippen LogP) is 2.08. The maximum atomic E-state index is 12.4. The van der Waals surface area contributed by atoms with Crippen LogP contribution in [0.4, 0.5) is 0 Å². The van der Waals surface area contributed by atoms with Crippen LogP contribution in [0.3, 0.4) is 0 Å². The molecule has 1 saturated heterocycles. The van der Waals surface area contributed by atoms with Gasteiger partial charge in [-0.1, -0.05) is 19.3 Å². The van der Waals surface area contributed by atoms with Gasteiger partial charge in [-0.25, -0.2) is 0 Å². The summed E-state index contributed by atoms with van der Waals surface area (Å²) in [4.78, 5) is 12.4. The Morgan fingerprint density at radius 3 is 2.56 bits per heavy atom. The van der Waals surface area contributed by atoms with Crippen molar-refractivity contribution in [3.8, 4) is 0 Å². The SMILES string of the molecule is CN(C)S(=O)(=O)N1CCC[C@H](C(=O)NCCCSC2CCCCC2)C1. The normalized spacial score (nSPS) is 23.7. The van der Waals surface area contributed by atoms with E-state index in [1.807, 2.05) is 11.8 Å². The fourth-order valence-corrected chi connectivity index (χ4v) is 6.01. The van der Waals surface area contributed by atoms with Gasteiger partial charge in [0.15, 0.2) is 0 Å². The molecule has 0 radical (unpaired) electrons. The van der Waals surface area contributed by atoms with E-state index in [4.69, 9.17) is 0 Å². The summed E-state index contributed by atoms with van der Waals surface area (Å²) in [6.45, 7) is 1.49. The molecule has 0 bridgehead atoms. The maximum Gasteiger partial charge on any atom is 0.281 e. The Balaban J connectivity index is 1.66. The molecule has 1 N–H and O–H groups in total. The van der Waals surface area contributed by atoms with Crippen LogP contribution >= 0.6 is 11.8 Å². The molecule has 1 atom stereocenters. The van der Waals surface area contributed by atoms with Gasteiger partial charge in [-0.2, -0.15) is 28.8 Å². The second-order valence-corrected chi connectivity index (χ2v) is 10.8. The predicted molar refractivity (Wildman–Crippen MR) is 104 cm³/mol. The molecular weight excluding hydrogens is 358 g/mol. The smallest absolute Gasteiger partial charge is 0.281 e. The maximum absolute atomic E-state index is 12.4. The minimum Gasteiger partial charge on any atom is -0.356 e. The molecule has 1 amide bonds. The van der Waals surface area contributed by atoms with E-state index in [1.54, 1.807) is 0 Å². The standard InChI is InChI=1S/C17H33N3O3S2/c1-19(2)25(22,23)20-12-6-8-15(14-20)17(21)18-11-7-13-24-16-9-4-3-5-10-16/h15-16H,3-14H2,1-2H3,(H,18,21)/t15-/m0/s1. The van der Waals surface area contributed by atoms with Gasteiger partial charge >= 0.3 is 0 Å². The number of nitrogens with one attached hydrogen (secondary N) is 1. The van der Waals surface area contributed by atoms with Gasteiger partial charge in [-0.15, -0.1) is 0 Å². The Bertz CT molecular complexity index is 519. The summed E-state index contributed by atoms with van der Waals surface area (Å²) in [7, 11) is -0.363. The van der Waals surface area contributed by atoms with Crippen LogP contribution in [0.15, 0.2) is 0 Å². The number of amides is 1. The van der Waals surface area contributed by atoms with Crippen LogP contribution in [0.2, 0.25) is 0 Å². The molecule has 2 aliphatic rings. The molecule has 0 aromatic carbocycles. The Kier molecular flexibility index (Phi) is 8.51. The largest absolute Gasteiger partial charge is 0.356 e. The van der Waals surface area contributed by atoms with Crippen molar-refractivity contribution in [3.05, 3.63) is 0 Å². The summed E-state index contributed by atoms with van der Waals surface area (Å²) in [6.07, 6.45) is 9.29. The number of nitrogens with zero attached hydrogens (tertiary/aromatic N) is 2. The zero-order valence-corrected chi connectivity index (χ0v) is 17.2. The van der Waals surface area contributed by atoms with E-state index in [0.717, 1.165) is 30.3 Å². The van der Waals surface area contributed by atoms with Gasteiger partial charge in [-0.3, -0.25) is 4.79 Å². The molecule has 1 heterocycles. The third-order valence-electron chi connectivity index (χ3n) is 5.07. The minimum absolute atomic E-state index is 0.00122. The number of carbonyl (C=O) groups is 1. The molecule has 1 saturated carbocycles. The summed E-state index contributed by atoms with van der Waals surface area (Å²) in [5.74, 6) is 0.868. The van der Waals surface area contributed by atoms with Crippen LogP contribution in [0.1, 0.15) is 51.4 Å². The number of piperidine rings is 1. The van der Waals surface area contributed by atoms with Gasteiger partial charge in [0.1, 0.15) is 0 Å². The van der Waals surface area contributed by atoms with Crippen LogP contribution in [-0.2, 0) is 15.0 Å². The summed E-state index contributed by atoms with van der Waals surface area (Å²) in [5, 5.41) is 3.82. The lowest BCUT2D eigenvalue weighted by atomic mass is 9.99. The van der Waals surface area contributed by atoms with Crippen molar-refractivity contribution in [2.75, 3.05) is 39.5 Å². The van der Waals surface area contributed by atoms with E-state index in [0.29, 0.717) is 19.6 Å². The molecule has 1 aliphatic carbocycles. The van der Waals surface area contributed by atoms with Crippen molar-refractivity contribution < 1.29 is 13.2 Å². The van der Waals surface area contributed by atoms with E-state index < -0.39 is 10.2 Å². The van der Waals surface area contributed by atoms with E-state index >= 15 is 0 Å². The van der Waals surface area contributed by atoms with Crippen LogP contribution in [0.5, 0.6) is 0 Å². The van der Waals surface area contributed by atoms with Crippen LogP contribution in [0, 0.1) is 5.92 Å². The molecule has 146 valence electrons. The van der Waals surface area contributed by atoms with Crippen molar-refractivity contribution in [1.29, 1.82) is 0 Å². The Hall–Kier alpha value is -0.310. The lowest BCUT2D eigenvalue weighted by molar-refractivity contribution is -0.126. The molecule has 0 aromatic heterocycles. The molecular formula is C17H33N3O3S2. The van der Waals surface area contributed by atoms with Crippen LogP contribution in [-0.4, -0.2) is 67.7 Å². The monoisotopic (exact) mass is 391 g/mol. The first kappa shape index (κ1) is 21.0. The van der Waals surface area contributed by atoms with Crippen LogP contribution in [0.25, 0.3) is 0 Å². The van der Waals surface area contributed by atoms with Crippen molar-refractivity contribution in [2.45, 2.75) is 56.6 Å². The lowest BCUT2D eigenvalue weighted by Gasteiger charge is -2.32. The number of carbonyl (C=O) groups excluding carboxylic acids is 1. The van der Waals surface area contributed by atoms with Gasteiger partial charge < -0.3 is 5.32 Å². The molecule has 2 rings (SSSR count). The highest BCUT2D eigenvalue weighted by Gasteiger charge is 2.33. The fourth-order valence-electron chi connectivity index (χ4n) is 3.51. The molecule has 0 aromatic rings. The number of rotatable bonds is 8. The third-order valence-corrected chi connectivity index (χ3v) is 8.44. The molecule has 25 heavy (non-hydrogen) atoms. The Morgan fingerprint density at radius 1 is 1.16 bits per heavy atom. The number of hydrogen-bond donors (Lipinski definition) is 1. The zero-order chi connectivity index (χ0) is 18.3. The second kappa shape index (κ2) is 10.1. The highest BCUT2D eigenvalue weighted by molar-refractivity contribution is 7.99. The number of hydrogen-bond acceptors (Lipinski definition) is 4. The molecule has 6 nitrogen and oxygen atoms in total.